The van der Waals surface area contributed by atoms with Crippen LogP contribution in [0.5, 0.6) is 0 Å². The van der Waals surface area contributed by atoms with Crippen LogP contribution < -0.4 is 16.0 Å². The van der Waals surface area contributed by atoms with E-state index in [4.69, 9.17) is 5.11 Å². The van der Waals surface area contributed by atoms with Crippen molar-refractivity contribution >= 4 is 24.0 Å². The summed E-state index contributed by atoms with van der Waals surface area (Å²) in [4.78, 5) is 45.8. The molecule has 0 aliphatic rings. The normalized spacial score (nSPS) is 11.0. The summed E-state index contributed by atoms with van der Waals surface area (Å²) in [5.41, 5.74) is 0. The highest BCUT2D eigenvalue weighted by Crippen LogP contribution is 1.94. The number of rotatable bonds is 7. The van der Waals surface area contributed by atoms with Gasteiger partial charge in [0.15, 0.2) is 0 Å². The fourth-order valence-electron chi connectivity index (χ4n) is 1.16. The average molecular weight is 304 g/mol. The molecule has 0 fully saturated rings. The van der Waals surface area contributed by atoms with Gasteiger partial charge in [0.1, 0.15) is 6.04 Å². The number of methoxy groups -OCH3 is 1. The van der Waals surface area contributed by atoms with E-state index < -0.39 is 30.4 Å². The Labute approximate surface area is 121 Å². The lowest BCUT2D eigenvalue weighted by molar-refractivity contribution is -0.147. The zero-order chi connectivity index (χ0) is 16.4. The van der Waals surface area contributed by atoms with E-state index in [-0.39, 0.29) is 19.1 Å². The van der Waals surface area contributed by atoms with Gasteiger partial charge in [-0.15, -0.1) is 0 Å². The third-order valence-electron chi connectivity index (χ3n) is 2.29. The van der Waals surface area contributed by atoms with Crippen molar-refractivity contribution in [3.05, 3.63) is 0 Å². The van der Waals surface area contributed by atoms with Gasteiger partial charge in [0.25, 0.3) is 0 Å². The summed E-state index contributed by atoms with van der Waals surface area (Å²) in [5, 5.41) is 15.8. The fourth-order valence-corrected chi connectivity index (χ4v) is 1.16. The van der Waals surface area contributed by atoms with Crippen LogP contribution in [0.15, 0.2) is 0 Å². The number of carboxylic acid groups (broad SMARTS) is 1. The molecule has 4 N–H and O–H groups in total. The lowest BCUT2D eigenvalue weighted by atomic mass is 10.2. The number of aliphatic carboxylic acids is 1. The monoisotopic (exact) mass is 304 g/mol. The number of amides is 4. The highest BCUT2D eigenvalue weighted by Gasteiger charge is 2.23. The Hall–Kier alpha value is -2.52. The summed E-state index contributed by atoms with van der Waals surface area (Å²) in [6, 6.07) is -2.45. The van der Waals surface area contributed by atoms with Crippen LogP contribution in [0, 0.1) is 0 Å². The number of carbonyl (C=O) groups is 4. The molecule has 10 heteroatoms. The van der Waals surface area contributed by atoms with E-state index in [1.165, 1.54) is 4.90 Å². The number of hydrogen-bond acceptors (Lipinski definition) is 5. The Morgan fingerprint density at radius 2 is 1.71 bits per heavy atom. The summed E-state index contributed by atoms with van der Waals surface area (Å²) in [6.45, 7) is 0.287. The first kappa shape index (κ1) is 18.5. The van der Waals surface area contributed by atoms with E-state index in [1.54, 1.807) is 14.1 Å². The molecule has 0 aliphatic carbocycles. The van der Waals surface area contributed by atoms with Gasteiger partial charge in [-0.05, 0) is 0 Å². The molecule has 4 amide bonds. The molecule has 0 aliphatic heterocycles. The van der Waals surface area contributed by atoms with Gasteiger partial charge in [0, 0.05) is 27.2 Å². The lowest BCUT2D eigenvalue weighted by Crippen LogP contribution is -2.48. The first-order valence-corrected chi connectivity index (χ1v) is 6.07. The Morgan fingerprint density at radius 1 is 1.14 bits per heavy atom. The minimum Gasteiger partial charge on any atom is -0.480 e. The van der Waals surface area contributed by atoms with Crippen LogP contribution in [0.4, 0.5) is 9.59 Å². The molecule has 0 unspecified atom stereocenters. The smallest absolute Gasteiger partial charge is 0.326 e. The molecule has 21 heavy (non-hydrogen) atoms. The van der Waals surface area contributed by atoms with Crippen molar-refractivity contribution in [1.82, 2.24) is 20.9 Å². The summed E-state index contributed by atoms with van der Waals surface area (Å²) in [6.07, 6.45) is -0.476. The summed E-state index contributed by atoms with van der Waals surface area (Å²) < 4.78 is 4.33. The molecule has 0 aromatic heterocycles. The molecule has 0 aromatic carbocycles. The molecule has 0 bridgehead atoms. The van der Waals surface area contributed by atoms with Crippen molar-refractivity contribution in [3.8, 4) is 0 Å². The van der Waals surface area contributed by atoms with Crippen LogP contribution in [-0.2, 0) is 14.3 Å². The van der Waals surface area contributed by atoms with Crippen molar-refractivity contribution in [2.24, 2.45) is 0 Å². The van der Waals surface area contributed by atoms with Crippen LogP contribution in [0.25, 0.3) is 0 Å². The largest absolute Gasteiger partial charge is 0.480 e. The first-order chi connectivity index (χ1) is 9.77. The van der Waals surface area contributed by atoms with Gasteiger partial charge in [-0.2, -0.15) is 0 Å². The van der Waals surface area contributed by atoms with E-state index in [9.17, 15) is 19.2 Å². The van der Waals surface area contributed by atoms with Crippen molar-refractivity contribution in [1.29, 1.82) is 0 Å². The van der Waals surface area contributed by atoms with Gasteiger partial charge in [0.05, 0.1) is 13.5 Å². The Morgan fingerprint density at radius 3 is 2.19 bits per heavy atom. The number of nitrogens with zero attached hydrogens (tertiary/aromatic N) is 1. The van der Waals surface area contributed by atoms with Crippen LogP contribution in [-0.4, -0.2) is 74.3 Å². The molecule has 0 saturated heterocycles. The van der Waals surface area contributed by atoms with Crippen molar-refractivity contribution in [2.45, 2.75) is 12.5 Å². The molecule has 0 saturated carbocycles. The topological polar surface area (TPSA) is 137 Å². The Kier molecular flexibility index (Phi) is 8.27. The predicted molar refractivity (Wildman–Crippen MR) is 71.7 cm³/mol. The van der Waals surface area contributed by atoms with Crippen molar-refractivity contribution in [2.75, 3.05) is 34.3 Å². The highest BCUT2D eigenvalue weighted by molar-refractivity contribution is 5.86. The molecule has 0 spiro atoms. The van der Waals surface area contributed by atoms with E-state index >= 15 is 0 Å². The number of esters is 1. The second-order valence-electron chi connectivity index (χ2n) is 4.20. The maximum absolute atomic E-state index is 11.4. The zero-order valence-corrected chi connectivity index (χ0v) is 12.1. The van der Waals surface area contributed by atoms with Crippen LogP contribution >= 0.6 is 0 Å². The number of carboxylic acids is 1. The molecule has 1 atom stereocenters. The average Bonchev–Trinajstić information content (AvgIpc) is 2.41. The van der Waals surface area contributed by atoms with E-state index in [2.05, 4.69) is 20.7 Å². The van der Waals surface area contributed by atoms with Crippen LogP contribution in [0.1, 0.15) is 6.42 Å². The lowest BCUT2D eigenvalue weighted by Gasteiger charge is -2.15. The molecule has 0 aromatic rings. The van der Waals surface area contributed by atoms with E-state index in [0.717, 1.165) is 7.11 Å². The number of hydrogen-bond donors (Lipinski definition) is 4. The minimum atomic E-state index is -1.38. The highest BCUT2D eigenvalue weighted by atomic mass is 16.5. The maximum Gasteiger partial charge on any atom is 0.326 e. The quantitative estimate of drug-likeness (QED) is 0.336. The fraction of sp³-hybridized carbons (Fsp3) is 0.636. The van der Waals surface area contributed by atoms with Gasteiger partial charge >= 0.3 is 24.0 Å². The molecule has 120 valence electrons. The molecular formula is C11H20N4O6. The first-order valence-electron chi connectivity index (χ1n) is 6.07. The summed E-state index contributed by atoms with van der Waals surface area (Å²) in [5.74, 6) is -2.10. The third-order valence-corrected chi connectivity index (χ3v) is 2.29. The van der Waals surface area contributed by atoms with Gasteiger partial charge in [-0.1, -0.05) is 0 Å². The van der Waals surface area contributed by atoms with Gasteiger partial charge in [-0.25, -0.2) is 14.4 Å². The molecular weight excluding hydrogens is 284 g/mol. The van der Waals surface area contributed by atoms with E-state index in [1.807, 2.05) is 0 Å². The predicted octanol–water partition coefficient (Wildman–Crippen LogP) is -1.43. The van der Waals surface area contributed by atoms with Gasteiger partial charge < -0.3 is 30.7 Å². The Bertz CT molecular complexity index is 398. The standard InChI is InChI=1S/C11H20N4O6/c1-15(2)11(20)13-5-4-12-10(19)14-7(9(17)18)6-8(16)21-3/h7H,4-6H2,1-3H3,(H,13,20)(H,17,18)(H2,12,14,19)/t7-/m0/s1. The number of nitrogens with one attached hydrogen (secondary N) is 3. The van der Waals surface area contributed by atoms with Crippen molar-refractivity contribution in [3.63, 3.8) is 0 Å². The molecule has 0 radical (unpaired) electrons. The minimum absolute atomic E-state index is 0.107. The summed E-state index contributed by atoms with van der Waals surface area (Å²) >= 11 is 0. The van der Waals surface area contributed by atoms with Crippen molar-refractivity contribution < 1.29 is 29.0 Å². The summed E-state index contributed by atoms with van der Waals surface area (Å²) in [7, 11) is 4.26. The molecule has 0 rings (SSSR count). The number of carbonyl (C=O) groups excluding carboxylic acids is 3. The second kappa shape index (κ2) is 9.39. The number of ether oxygens (including phenoxy) is 1. The SMILES string of the molecule is COC(=O)C[C@H](NC(=O)NCCNC(=O)N(C)C)C(=O)O. The van der Waals surface area contributed by atoms with Crippen LogP contribution in [0.2, 0.25) is 0 Å². The second-order valence-corrected chi connectivity index (χ2v) is 4.20. The zero-order valence-electron chi connectivity index (χ0n) is 12.1. The third kappa shape index (κ3) is 8.29. The van der Waals surface area contributed by atoms with E-state index in [0.29, 0.717) is 0 Å². The number of urea groups is 2. The Balaban J connectivity index is 4.07. The molecule has 10 nitrogen and oxygen atoms in total. The molecule has 0 heterocycles. The maximum atomic E-state index is 11.4. The van der Waals surface area contributed by atoms with Gasteiger partial charge in [-0.3, -0.25) is 4.79 Å². The van der Waals surface area contributed by atoms with Crippen LogP contribution in [0.3, 0.4) is 0 Å². The van der Waals surface area contributed by atoms with Gasteiger partial charge in [0.2, 0.25) is 0 Å².